The van der Waals surface area contributed by atoms with Crippen molar-refractivity contribution in [2.45, 2.75) is 25.4 Å². The first-order valence-corrected chi connectivity index (χ1v) is 11.1. The van der Waals surface area contributed by atoms with Gasteiger partial charge in [-0.05, 0) is 48.7 Å². The van der Waals surface area contributed by atoms with Gasteiger partial charge < -0.3 is 19.4 Å². The highest BCUT2D eigenvalue weighted by Crippen LogP contribution is 2.29. The second-order valence-electron chi connectivity index (χ2n) is 8.10. The zero-order valence-corrected chi connectivity index (χ0v) is 18.9. The van der Waals surface area contributed by atoms with Crippen LogP contribution in [0.3, 0.4) is 0 Å². The summed E-state index contributed by atoms with van der Waals surface area (Å²) in [5.74, 6) is 1.48. The number of nitrogens with one attached hydrogen (secondary N) is 1. The minimum Gasteiger partial charge on any atom is -0.497 e. The van der Waals surface area contributed by atoms with Crippen LogP contribution in [0.1, 0.15) is 24.4 Å². The molecule has 9 nitrogen and oxygen atoms in total. The molecular formula is C25H27N5O4. The van der Waals surface area contributed by atoms with Crippen molar-refractivity contribution in [1.29, 1.82) is 0 Å². The fourth-order valence-corrected chi connectivity index (χ4v) is 4.40. The van der Waals surface area contributed by atoms with E-state index in [1.54, 1.807) is 19.5 Å². The van der Waals surface area contributed by atoms with Crippen LogP contribution in [0.15, 0.2) is 66.0 Å². The molecule has 3 aromatic heterocycles. The average Bonchev–Trinajstić information content (AvgIpc) is 3.35. The van der Waals surface area contributed by atoms with Crippen molar-refractivity contribution >= 4 is 17.4 Å². The van der Waals surface area contributed by atoms with Crippen LogP contribution in [0, 0.1) is 0 Å². The third-order valence-electron chi connectivity index (χ3n) is 6.04. The maximum Gasteiger partial charge on any atom is 0.290 e. The summed E-state index contributed by atoms with van der Waals surface area (Å²) in [7, 11) is 1.64. The molecule has 2 N–H and O–H groups in total. The number of hydrogen-bond acceptors (Lipinski definition) is 6. The normalized spacial score (nSPS) is 14.4. The Morgan fingerprint density at radius 3 is 2.71 bits per heavy atom. The summed E-state index contributed by atoms with van der Waals surface area (Å²) in [6.45, 7) is 2.68. The van der Waals surface area contributed by atoms with E-state index in [-0.39, 0.29) is 12.0 Å². The first kappa shape index (κ1) is 23.2. The van der Waals surface area contributed by atoms with Gasteiger partial charge in [-0.1, -0.05) is 6.07 Å². The fraction of sp³-hybridized carbons (Fsp3) is 0.280. The predicted octanol–water partition coefficient (Wildman–Crippen LogP) is 3.33. The number of ether oxygens (including phenoxy) is 1. The maximum atomic E-state index is 12.8. The molecule has 1 aromatic carbocycles. The Hall–Kier alpha value is -3.98. The molecule has 4 heterocycles. The number of rotatable bonds is 5. The topological polar surface area (TPSA) is 113 Å². The molecule has 0 aliphatic carbocycles. The minimum absolute atomic E-state index is 0.126. The van der Waals surface area contributed by atoms with Crippen LogP contribution >= 0.6 is 0 Å². The second-order valence-corrected chi connectivity index (χ2v) is 8.10. The quantitative estimate of drug-likeness (QED) is 0.438. The molecule has 176 valence electrons. The van der Waals surface area contributed by atoms with Crippen LogP contribution in [0.4, 0.5) is 0 Å². The van der Waals surface area contributed by atoms with E-state index in [4.69, 9.17) is 14.6 Å². The molecule has 0 unspecified atom stereocenters. The first-order chi connectivity index (χ1) is 16.6. The van der Waals surface area contributed by atoms with Crippen molar-refractivity contribution in [3.8, 4) is 17.1 Å². The van der Waals surface area contributed by atoms with E-state index >= 15 is 0 Å². The maximum absolute atomic E-state index is 12.8. The molecule has 34 heavy (non-hydrogen) atoms. The number of carboxylic acid groups (broad SMARTS) is 1. The SMILES string of the molecule is COc1ccc2[nH]c(=O)c(-c3nccn3C3CCN(Cc4cccnc4)CC3)cc2c1.O=CO. The zero-order chi connectivity index (χ0) is 23.9. The highest BCUT2D eigenvalue weighted by Gasteiger charge is 2.23. The number of piperidine rings is 1. The molecule has 9 heteroatoms. The Kier molecular flexibility index (Phi) is 7.34. The first-order valence-electron chi connectivity index (χ1n) is 11.1. The molecule has 0 radical (unpaired) electrons. The van der Waals surface area contributed by atoms with Gasteiger partial charge in [0.05, 0.1) is 12.7 Å². The molecule has 1 saturated heterocycles. The molecule has 0 amide bonds. The summed E-state index contributed by atoms with van der Waals surface area (Å²) in [6, 6.07) is 12.0. The van der Waals surface area contributed by atoms with E-state index in [1.165, 1.54) is 5.56 Å². The highest BCUT2D eigenvalue weighted by atomic mass is 16.5. The molecule has 1 aliphatic heterocycles. The summed E-state index contributed by atoms with van der Waals surface area (Å²) in [5.41, 5.74) is 2.49. The molecule has 5 rings (SSSR count). The van der Waals surface area contributed by atoms with Gasteiger partial charge in [-0.15, -0.1) is 0 Å². The van der Waals surface area contributed by atoms with Crippen molar-refractivity contribution in [3.05, 3.63) is 77.1 Å². The molecule has 1 aliphatic rings. The van der Waals surface area contributed by atoms with Gasteiger partial charge in [0.2, 0.25) is 0 Å². The number of imidazole rings is 1. The van der Waals surface area contributed by atoms with Gasteiger partial charge in [0.25, 0.3) is 12.0 Å². The number of nitrogens with zero attached hydrogens (tertiary/aromatic N) is 4. The van der Waals surface area contributed by atoms with Crippen LogP contribution in [-0.4, -0.2) is 56.2 Å². The number of carbonyl (C=O) groups is 1. The summed E-state index contributed by atoms with van der Waals surface area (Å²) >= 11 is 0. The van der Waals surface area contributed by atoms with E-state index in [9.17, 15) is 4.79 Å². The number of aromatic nitrogens is 4. The van der Waals surface area contributed by atoms with Crippen LogP contribution in [0.2, 0.25) is 0 Å². The molecule has 0 bridgehead atoms. The van der Waals surface area contributed by atoms with Gasteiger partial charge in [-0.3, -0.25) is 19.5 Å². The van der Waals surface area contributed by atoms with Crippen molar-refractivity contribution in [2.75, 3.05) is 20.2 Å². The molecule has 0 atom stereocenters. The summed E-state index contributed by atoms with van der Waals surface area (Å²) in [5, 5.41) is 7.81. The lowest BCUT2D eigenvalue weighted by atomic mass is 10.0. The predicted molar refractivity (Wildman–Crippen MR) is 129 cm³/mol. The van der Waals surface area contributed by atoms with Crippen LogP contribution in [0.25, 0.3) is 22.3 Å². The number of likely N-dealkylation sites (tertiary alicyclic amines) is 1. The Bertz CT molecular complexity index is 1290. The Balaban J connectivity index is 0.000000868. The molecule has 4 aromatic rings. The minimum atomic E-state index is -0.250. The van der Waals surface area contributed by atoms with Crippen molar-refractivity contribution in [2.24, 2.45) is 0 Å². The smallest absolute Gasteiger partial charge is 0.290 e. The Morgan fingerprint density at radius 1 is 1.21 bits per heavy atom. The van der Waals surface area contributed by atoms with Crippen LogP contribution < -0.4 is 10.3 Å². The number of methoxy groups -OCH3 is 1. The molecular weight excluding hydrogens is 434 g/mol. The van der Waals surface area contributed by atoms with Gasteiger partial charge in [0.15, 0.2) is 0 Å². The third kappa shape index (κ3) is 5.15. The van der Waals surface area contributed by atoms with Gasteiger partial charge in [0, 0.05) is 61.4 Å². The molecule has 1 fully saturated rings. The second kappa shape index (κ2) is 10.8. The zero-order valence-electron chi connectivity index (χ0n) is 18.9. The largest absolute Gasteiger partial charge is 0.497 e. The monoisotopic (exact) mass is 461 g/mol. The Morgan fingerprint density at radius 2 is 2.00 bits per heavy atom. The van der Waals surface area contributed by atoms with Crippen molar-refractivity contribution < 1.29 is 14.6 Å². The van der Waals surface area contributed by atoms with E-state index in [2.05, 4.69) is 30.5 Å². The van der Waals surface area contributed by atoms with E-state index in [0.717, 1.165) is 55.0 Å². The number of pyridine rings is 2. The standard InChI is InChI=1S/C24H25N5O2.CH2O2/c1-31-20-4-5-22-18(13-20)14-21(24(30)27-22)23-26-9-12-29(23)19-6-10-28(11-7-19)16-17-3-2-8-25-15-17;2-1-3/h2-5,8-9,12-15,19H,6-7,10-11,16H2,1H3,(H,27,30);1H,(H,2,3). The van der Waals surface area contributed by atoms with E-state index in [0.29, 0.717) is 11.6 Å². The lowest BCUT2D eigenvalue weighted by Crippen LogP contribution is -2.34. The Labute approximate surface area is 196 Å². The number of benzene rings is 1. The van der Waals surface area contributed by atoms with Crippen LogP contribution in [-0.2, 0) is 11.3 Å². The summed E-state index contributed by atoms with van der Waals surface area (Å²) in [6.07, 6.45) is 9.55. The van der Waals surface area contributed by atoms with Crippen molar-refractivity contribution in [1.82, 2.24) is 24.4 Å². The number of aromatic amines is 1. The molecule has 0 saturated carbocycles. The van der Waals surface area contributed by atoms with Gasteiger partial charge >= 0.3 is 0 Å². The number of H-pyrrole nitrogens is 1. The third-order valence-corrected chi connectivity index (χ3v) is 6.04. The molecule has 0 spiro atoms. The number of fused-ring (bicyclic) bond motifs is 1. The van der Waals surface area contributed by atoms with Gasteiger partial charge in [-0.25, -0.2) is 4.98 Å². The van der Waals surface area contributed by atoms with Crippen molar-refractivity contribution in [3.63, 3.8) is 0 Å². The highest BCUT2D eigenvalue weighted by molar-refractivity contribution is 5.83. The lowest BCUT2D eigenvalue weighted by molar-refractivity contribution is -0.122. The van der Waals surface area contributed by atoms with E-state index < -0.39 is 0 Å². The van der Waals surface area contributed by atoms with Gasteiger partial charge in [-0.2, -0.15) is 0 Å². The fourth-order valence-electron chi connectivity index (χ4n) is 4.40. The average molecular weight is 462 g/mol. The summed E-state index contributed by atoms with van der Waals surface area (Å²) in [4.78, 5) is 35.4. The van der Waals surface area contributed by atoms with E-state index in [1.807, 2.05) is 42.7 Å². The van der Waals surface area contributed by atoms with Gasteiger partial charge in [0.1, 0.15) is 11.6 Å². The van der Waals surface area contributed by atoms with Crippen LogP contribution in [0.5, 0.6) is 5.75 Å². The summed E-state index contributed by atoms with van der Waals surface area (Å²) < 4.78 is 7.50. The number of hydrogen-bond donors (Lipinski definition) is 2. The lowest BCUT2D eigenvalue weighted by Gasteiger charge is -2.33.